The zero-order chi connectivity index (χ0) is 14.1. The first-order valence-electron chi connectivity index (χ1n) is 5.98. The number of hydrogen-bond acceptors (Lipinski definition) is 5. The molecule has 7 nitrogen and oxygen atoms in total. The number of rotatable bonds is 7. The summed E-state index contributed by atoms with van der Waals surface area (Å²) in [5.41, 5.74) is 7.93. The van der Waals surface area contributed by atoms with E-state index in [1.165, 1.54) is 0 Å². The lowest BCUT2D eigenvalue weighted by Crippen LogP contribution is -2.48. The fourth-order valence-corrected chi connectivity index (χ4v) is 1.63. The van der Waals surface area contributed by atoms with Crippen molar-refractivity contribution in [1.29, 1.82) is 0 Å². The number of azide groups is 1. The van der Waals surface area contributed by atoms with E-state index in [-0.39, 0.29) is 12.5 Å². The smallest absolute Gasteiger partial charge is 0.330 e. The molecule has 102 valence electrons. The molecule has 0 aliphatic carbocycles. The number of carbonyl (C=O) groups is 1. The fraction of sp³-hybridized carbons (Fsp3) is 0.500. The molecule has 0 aliphatic heterocycles. The van der Waals surface area contributed by atoms with Crippen LogP contribution in [0.3, 0.4) is 0 Å². The van der Waals surface area contributed by atoms with Gasteiger partial charge in [-0.15, -0.1) is 0 Å². The Morgan fingerprint density at radius 1 is 1.68 bits per heavy atom. The molecule has 0 saturated heterocycles. The minimum atomic E-state index is -1.00. The van der Waals surface area contributed by atoms with Crippen LogP contribution in [0.5, 0.6) is 0 Å². The van der Waals surface area contributed by atoms with Crippen molar-refractivity contribution in [2.75, 3.05) is 19.7 Å². The summed E-state index contributed by atoms with van der Waals surface area (Å²) in [5.74, 6) is -0.385. The van der Waals surface area contributed by atoms with E-state index < -0.39 is 5.54 Å². The summed E-state index contributed by atoms with van der Waals surface area (Å²) in [6, 6.07) is 3.55. The van der Waals surface area contributed by atoms with Gasteiger partial charge in [0.05, 0.1) is 6.61 Å². The average molecular weight is 263 g/mol. The van der Waals surface area contributed by atoms with Crippen LogP contribution < -0.4 is 5.32 Å². The Morgan fingerprint density at radius 2 is 2.47 bits per heavy atom. The van der Waals surface area contributed by atoms with E-state index in [4.69, 9.17) is 10.3 Å². The van der Waals surface area contributed by atoms with E-state index in [0.29, 0.717) is 18.7 Å². The van der Waals surface area contributed by atoms with Gasteiger partial charge < -0.3 is 4.74 Å². The third kappa shape index (κ3) is 3.94. The van der Waals surface area contributed by atoms with E-state index in [2.05, 4.69) is 20.3 Å². The Labute approximate surface area is 111 Å². The number of ether oxygens (including phenoxy) is 1. The summed E-state index contributed by atoms with van der Waals surface area (Å²) in [5, 5.41) is 6.48. The molecule has 1 aromatic rings. The summed E-state index contributed by atoms with van der Waals surface area (Å²) >= 11 is 0. The highest BCUT2D eigenvalue weighted by Gasteiger charge is 2.36. The molecule has 1 atom stereocenters. The van der Waals surface area contributed by atoms with Gasteiger partial charge in [0, 0.05) is 36.0 Å². The standard InChI is InChI=1S/C12H17N5O2/c1-3-19-11(18)12(2,15-7-8-16-17-13)10-5-4-6-14-9-10/h4-6,9,15H,3,7-8H2,1-2H3. The molecule has 0 radical (unpaired) electrons. The molecular weight excluding hydrogens is 246 g/mol. The van der Waals surface area contributed by atoms with E-state index in [1.807, 2.05) is 0 Å². The minimum absolute atomic E-state index is 0.256. The molecule has 1 rings (SSSR count). The predicted molar refractivity (Wildman–Crippen MR) is 70.2 cm³/mol. The minimum Gasteiger partial charge on any atom is -0.464 e. The van der Waals surface area contributed by atoms with Crippen LogP contribution in [0.1, 0.15) is 19.4 Å². The molecular formula is C12H17N5O2. The summed E-state index contributed by atoms with van der Waals surface area (Å²) in [6.07, 6.45) is 3.24. The molecule has 0 amide bonds. The molecule has 0 fully saturated rings. The molecule has 1 aromatic heterocycles. The van der Waals surface area contributed by atoms with Crippen molar-refractivity contribution in [2.24, 2.45) is 5.11 Å². The highest BCUT2D eigenvalue weighted by Crippen LogP contribution is 2.21. The number of pyridine rings is 1. The number of carbonyl (C=O) groups excluding carboxylic acids is 1. The molecule has 1 N–H and O–H groups in total. The molecule has 0 saturated carbocycles. The molecule has 19 heavy (non-hydrogen) atoms. The van der Waals surface area contributed by atoms with Gasteiger partial charge in [-0.3, -0.25) is 10.3 Å². The molecule has 1 heterocycles. The van der Waals surface area contributed by atoms with Gasteiger partial charge in [-0.2, -0.15) is 0 Å². The maximum atomic E-state index is 12.1. The van der Waals surface area contributed by atoms with Gasteiger partial charge in [-0.1, -0.05) is 11.2 Å². The Kier molecular flexibility index (Phi) is 5.78. The average Bonchev–Trinajstić information content (AvgIpc) is 2.44. The van der Waals surface area contributed by atoms with Crippen LogP contribution in [-0.2, 0) is 15.1 Å². The first kappa shape index (κ1) is 14.9. The van der Waals surface area contributed by atoms with Crippen LogP contribution in [0.2, 0.25) is 0 Å². The van der Waals surface area contributed by atoms with Gasteiger partial charge in [0.15, 0.2) is 0 Å². The Morgan fingerprint density at radius 3 is 3.05 bits per heavy atom. The normalized spacial score (nSPS) is 13.2. The van der Waals surface area contributed by atoms with Gasteiger partial charge >= 0.3 is 5.97 Å². The number of hydrogen-bond donors (Lipinski definition) is 1. The largest absolute Gasteiger partial charge is 0.464 e. The molecule has 1 unspecified atom stereocenters. The van der Waals surface area contributed by atoms with E-state index in [0.717, 1.165) is 0 Å². The second-order valence-electron chi connectivity index (χ2n) is 3.97. The monoisotopic (exact) mass is 263 g/mol. The topological polar surface area (TPSA) is 100.0 Å². The Balaban J connectivity index is 2.90. The van der Waals surface area contributed by atoms with E-state index in [9.17, 15) is 4.79 Å². The van der Waals surface area contributed by atoms with Gasteiger partial charge in [0.1, 0.15) is 5.54 Å². The van der Waals surface area contributed by atoms with Crippen LogP contribution in [0.15, 0.2) is 29.6 Å². The van der Waals surface area contributed by atoms with Crippen LogP contribution in [0.25, 0.3) is 10.4 Å². The van der Waals surface area contributed by atoms with E-state index >= 15 is 0 Å². The second-order valence-corrected chi connectivity index (χ2v) is 3.97. The highest BCUT2D eigenvalue weighted by atomic mass is 16.5. The zero-order valence-electron chi connectivity index (χ0n) is 11.0. The molecule has 0 spiro atoms. The third-order valence-corrected chi connectivity index (χ3v) is 2.68. The second kappa shape index (κ2) is 7.35. The maximum absolute atomic E-state index is 12.1. The summed E-state index contributed by atoms with van der Waals surface area (Å²) in [6.45, 7) is 4.40. The summed E-state index contributed by atoms with van der Waals surface area (Å²) < 4.78 is 5.09. The zero-order valence-corrected chi connectivity index (χ0v) is 11.0. The Bertz CT molecular complexity index is 458. The van der Waals surface area contributed by atoms with Gasteiger partial charge in [0.25, 0.3) is 0 Å². The predicted octanol–water partition coefficient (Wildman–Crippen LogP) is 1.76. The van der Waals surface area contributed by atoms with Crippen molar-refractivity contribution in [3.05, 3.63) is 40.5 Å². The quantitative estimate of drug-likeness (QED) is 0.266. The molecule has 7 heteroatoms. The molecule has 0 bridgehead atoms. The van der Waals surface area contributed by atoms with Crippen molar-refractivity contribution >= 4 is 5.97 Å². The molecule has 0 aliphatic rings. The molecule has 0 aromatic carbocycles. The van der Waals surface area contributed by atoms with E-state index in [1.54, 1.807) is 38.4 Å². The maximum Gasteiger partial charge on any atom is 0.330 e. The third-order valence-electron chi connectivity index (χ3n) is 2.68. The van der Waals surface area contributed by atoms with Gasteiger partial charge in [0.2, 0.25) is 0 Å². The number of esters is 1. The Hall–Kier alpha value is -2.11. The summed E-state index contributed by atoms with van der Waals surface area (Å²) in [4.78, 5) is 18.8. The van der Waals surface area contributed by atoms with Crippen LogP contribution in [-0.4, -0.2) is 30.6 Å². The number of nitrogens with zero attached hydrogens (tertiary/aromatic N) is 4. The van der Waals surface area contributed by atoms with Crippen molar-refractivity contribution in [2.45, 2.75) is 19.4 Å². The lowest BCUT2D eigenvalue weighted by molar-refractivity contribution is -0.151. The van der Waals surface area contributed by atoms with Crippen molar-refractivity contribution in [3.63, 3.8) is 0 Å². The van der Waals surface area contributed by atoms with Crippen LogP contribution in [0, 0.1) is 0 Å². The highest BCUT2D eigenvalue weighted by molar-refractivity contribution is 5.82. The van der Waals surface area contributed by atoms with Crippen molar-refractivity contribution in [3.8, 4) is 0 Å². The number of aromatic nitrogens is 1. The van der Waals surface area contributed by atoms with Crippen LogP contribution in [0.4, 0.5) is 0 Å². The first-order chi connectivity index (χ1) is 9.15. The number of nitrogens with one attached hydrogen (secondary N) is 1. The first-order valence-corrected chi connectivity index (χ1v) is 5.98. The van der Waals surface area contributed by atoms with Gasteiger partial charge in [-0.25, -0.2) is 4.79 Å². The van der Waals surface area contributed by atoms with Crippen LogP contribution >= 0.6 is 0 Å². The van der Waals surface area contributed by atoms with Crippen molar-refractivity contribution in [1.82, 2.24) is 10.3 Å². The lowest BCUT2D eigenvalue weighted by Gasteiger charge is -2.28. The SMILES string of the molecule is CCOC(=O)C(C)(NCCN=[N+]=[N-])c1cccnc1. The fourth-order valence-electron chi connectivity index (χ4n) is 1.63. The van der Waals surface area contributed by atoms with Crippen molar-refractivity contribution < 1.29 is 9.53 Å². The summed E-state index contributed by atoms with van der Waals surface area (Å²) in [7, 11) is 0. The van der Waals surface area contributed by atoms with Gasteiger partial charge in [-0.05, 0) is 25.4 Å². The lowest BCUT2D eigenvalue weighted by atomic mass is 9.93.